The van der Waals surface area contributed by atoms with Gasteiger partial charge in [0, 0.05) is 11.8 Å². The number of fused-ring (bicyclic) bond motifs is 9. The van der Waals surface area contributed by atoms with Crippen molar-refractivity contribution < 1.29 is 9.47 Å². The van der Waals surface area contributed by atoms with Gasteiger partial charge in [-0.2, -0.15) is 0 Å². The van der Waals surface area contributed by atoms with E-state index in [0.717, 1.165) is 0 Å². The summed E-state index contributed by atoms with van der Waals surface area (Å²) in [6.07, 6.45) is 1.85. The van der Waals surface area contributed by atoms with Gasteiger partial charge in [-0.1, -0.05) is 24.3 Å². The molecule has 0 bridgehead atoms. The van der Waals surface area contributed by atoms with Crippen LogP contribution >= 0.6 is 0 Å². The molecule has 2 heteroatoms. The van der Waals surface area contributed by atoms with Gasteiger partial charge in [-0.3, -0.25) is 0 Å². The van der Waals surface area contributed by atoms with Gasteiger partial charge < -0.3 is 9.47 Å². The molecule has 3 fully saturated rings. The minimum atomic E-state index is 0.439. The van der Waals surface area contributed by atoms with Crippen LogP contribution in [0.15, 0.2) is 24.3 Å². The largest absolute Gasteiger partial charge is 0.366 e. The van der Waals surface area contributed by atoms with E-state index in [9.17, 15) is 0 Å². The molecule has 2 aliphatic heterocycles. The quantitative estimate of drug-likeness (QED) is 0.452. The molecule has 0 aromatic heterocycles. The molecule has 2 saturated heterocycles. The van der Waals surface area contributed by atoms with Crippen LogP contribution in [0.3, 0.4) is 0 Å². The van der Waals surface area contributed by atoms with Crippen LogP contribution in [0, 0.1) is 0 Å². The molecule has 0 N–H and O–H groups in total. The van der Waals surface area contributed by atoms with Gasteiger partial charge >= 0.3 is 0 Å². The van der Waals surface area contributed by atoms with Gasteiger partial charge in [0.05, 0.1) is 12.2 Å². The highest BCUT2D eigenvalue weighted by atomic mass is 16.7. The zero-order valence-electron chi connectivity index (χ0n) is 7.59. The van der Waals surface area contributed by atoms with Crippen molar-refractivity contribution in [3.05, 3.63) is 35.4 Å². The third-order valence-corrected chi connectivity index (χ3v) is 4.26. The molecule has 0 amide bonds. The fourth-order valence-corrected chi connectivity index (χ4v) is 3.55. The number of rotatable bonds is 0. The molecule has 70 valence electrons. The van der Waals surface area contributed by atoms with Crippen LogP contribution in [0.1, 0.15) is 23.0 Å². The molecule has 2 aliphatic carbocycles. The lowest BCUT2D eigenvalue weighted by Gasteiger charge is -2.39. The van der Waals surface area contributed by atoms with E-state index in [4.69, 9.17) is 9.47 Å². The van der Waals surface area contributed by atoms with Crippen LogP contribution in [0.4, 0.5) is 0 Å². The molecule has 0 unspecified atom stereocenters. The summed E-state index contributed by atoms with van der Waals surface area (Å²) in [7, 11) is 0. The SMILES string of the molecule is c1ccc2c(c1)[C@@H]1[C@H]3O[C@H]3[C@H]3O[C@H]3[C@H]21. The fraction of sp³-hybridized carbons (Fsp3) is 0.500. The van der Waals surface area contributed by atoms with Crippen LogP contribution in [-0.4, -0.2) is 24.4 Å². The molecule has 1 aromatic rings. The zero-order valence-corrected chi connectivity index (χ0v) is 7.59. The molecule has 5 rings (SSSR count). The minimum Gasteiger partial charge on any atom is -0.366 e. The molecule has 2 heterocycles. The van der Waals surface area contributed by atoms with Crippen molar-refractivity contribution in [3.8, 4) is 0 Å². The molecule has 1 aromatic carbocycles. The average molecular weight is 186 g/mol. The second-order valence-corrected chi connectivity index (χ2v) is 4.81. The Hall–Kier alpha value is -0.860. The van der Waals surface area contributed by atoms with Crippen LogP contribution in [0.25, 0.3) is 0 Å². The predicted octanol–water partition coefficient (Wildman–Crippen LogP) is 1.42. The molecule has 1 saturated carbocycles. The fourth-order valence-electron chi connectivity index (χ4n) is 3.55. The Balaban J connectivity index is 1.72. The Morgan fingerprint density at radius 1 is 0.714 bits per heavy atom. The Bertz CT molecular complexity index is 401. The van der Waals surface area contributed by atoms with E-state index >= 15 is 0 Å². The van der Waals surface area contributed by atoms with E-state index in [1.807, 2.05) is 0 Å². The van der Waals surface area contributed by atoms with Crippen molar-refractivity contribution in [3.63, 3.8) is 0 Å². The van der Waals surface area contributed by atoms with Crippen molar-refractivity contribution in [2.75, 3.05) is 0 Å². The first kappa shape index (κ1) is 6.59. The molecular weight excluding hydrogens is 176 g/mol. The van der Waals surface area contributed by atoms with Gasteiger partial charge in [0.2, 0.25) is 0 Å². The molecule has 2 nitrogen and oxygen atoms in total. The first-order valence-electron chi connectivity index (χ1n) is 5.35. The summed E-state index contributed by atoms with van der Waals surface area (Å²) in [4.78, 5) is 0. The summed E-state index contributed by atoms with van der Waals surface area (Å²) in [5, 5.41) is 0. The van der Waals surface area contributed by atoms with Gasteiger partial charge in [-0.05, 0) is 11.1 Å². The maximum absolute atomic E-state index is 5.70. The van der Waals surface area contributed by atoms with E-state index in [1.165, 1.54) is 11.1 Å². The summed E-state index contributed by atoms with van der Waals surface area (Å²) in [5.74, 6) is 1.31. The second-order valence-electron chi connectivity index (χ2n) is 4.81. The zero-order chi connectivity index (χ0) is 8.86. The van der Waals surface area contributed by atoms with Crippen molar-refractivity contribution in [2.24, 2.45) is 0 Å². The Morgan fingerprint density at radius 3 is 1.71 bits per heavy atom. The van der Waals surface area contributed by atoms with Gasteiger partial charge in [0.25, 0.3) is 0 Å². The molecule has 4 aliphatic rings. The highest BCUT2D eigenvalue weighted by Crippen LogP contribution is 2.66. The van der Waals surface area contributed by atoms with Crippen LogP contribution in [-0.2, 0) is 9.47 Å². The summed E-state index contributed by atoms with van der Waals surface area (Å²) < 4.78 is 11.4. The van der Waals surface area contributed by atoms with Crippen molar-refractivity contribution >= 4 is 0 Å². The molecule has 0 radical (unpaired) electrons. The normalized spacial score (nSPS) is 54.6. The van der Waals surface area contributed by atoms with E-state index in [1.54, 1.807) is 0 Å². The molecule has 0 spiro atoms. The number of hydrogen-bond donors (Lipinski definition) is 0. The number of hydrogen-bond acceptors (Lipinski definition) is 2. The smallest absolute Gasteiger partial charge is 0.113 e. The number of epoxide rings is 2. The first-order valence-corrected chi connectivity index (χ1v) is 5.35. The topological polar surface area (TPSA) is 25.1 Å². The minimum absolute atomic E-state index is 0.439. The third kappa shape index (κ3) is 0.538. The Labute approximate surface area is 81.8 Å². The highest BCUT2D eigenvalue weighted by molar-refractivity contribution is 5.51. The van der Waals surface area contributed by atoms with Crippen LogP contribution in [0.5, 0.6) is 0 Å². The average Bonchev–Trinajstić information content (AvgIpc) is 3.00. The van der Waals surface area contributed by atoms with E-state index in [2.05, 4.69) is 24.3 Å². The summed E-state index contributed by atoms with van der Waals surface area (Å²) >= 11 is 0. The van der Waals surface area contributed by atoms with Crippen molar-refractivity contribution in [2.45, 2.75) is 36.3 Å². The van der Waals surface area contributed by atoms with Gasteiger partial charge in [0.1, 0.15) is 12.2 Å². The lowest BCUT2D eigenvalue weighted by Crippen LogP contribution is -2.37. The van der Waals surface area contributed by atoms with Gasteiger partial charge in [-0.25, -0.2) is 0 Å². The third-order valence-electron chi connectivity index (χ3n) is 4.26. The Morgan fingerprint density at radius 2 is 1.21 bits per heavy atom. The molecule has 6 atom stereocenters. The summed E-state index contributed by atoms with van der Waals surface area (Å²) in [6, 6.07) is 8.76. The highest BCUT2D eigenvalue weighted by Gasteiger charge is 2.72. The van der Waals surface area contributed by atoms with E-state index in [-0.39, 0.29) is 0 Å². The molecular formula is C12H10O2. The maximum Gasteiger partial charge on any atom is 0.113 e. The Kier molecular flexibility index (Phi) is 0.835. The monoisotopic (exact) mass is 186 g/mol. The second kappa shape index (κ2) is 1.77. The summed E-state index contributed by atoms with van der Waals surface area (Å²) in [5.41, 5.74) is 3.03. The van der Waals surface area contributed by atoms with Crippen molar-refractivity contribution in [1.29, 1.82) is 0 Å². The predicted molar refractivity (Wildman–Crippen MR) is 49.2 cm³/mol. The first-order chi connectivity index (χ1) is 6.95. The summed E-state index contributed by atoms with van der Waals surface area (Å²) in [6.45, 7) is 0. The van der Waals surface area contributed by atoms with Gasteiger partial charge in [-0.15, -0.1) is 0 Å². The molecule has 14 heavy (non-hydrogen) atoms. The number of benzene rings is 1. The van der Waals surface area contributed by atoms with Crippen LogP contribution < -0.4 is 0 Å². The lowest BCUT2D eigenvalue weighted by atomic mass is 9.61. The number of ether oxygens (including phenoxy) is 2. The van der Waals surface area contributed by atoms with Gasteiger partial charge in [0.15, 0.2) is 0 Å². The van der Waals surface area contributed by atoms with E-state index < -0.39 is 0 Å². The lowest BCUT2D eigenvalue weighted by molar-refractivity contribution is 0.252. The van der Waals surface area contributed by atoms with Crippen molar-refractivity contribution in [1.82, 2.24) is 0 Å². The van der Waals surface area contributed by atoms with E-state index in [0.29, 0.717) is 36.3 Å². The standard InChI is InChI=1S/C12H10O2/c1-2-4-6-5(3-1)7-8(6)10-12(14-10)11-9(7)13-11/h1-4,7-12H/t7-,8+,9+,10-,11+,12-. The van der Waals surface area contributed by atoms with Crippen LogP contribution in [0.2, 0.25) is 0 Å². The maximum atomic E-state index is 5.70.